The number of likely N-dealkylation sites (tertiary alicyclic amines) is 1. The van der Waals surface area contributed by atoms with E-state index in [-0.39, 0.29) is 23.0 Å². The zero-order chi connectivity index (χ0) is 17.1. The summed E-state index contributed by atoms with van der Waals surface area (Å²) < 4.78 is 6.89. The lowest BCUT2D eigenvalue weighted by atomic mass is 9.97. The van der Waals surface area contributed by atoms with Crippen LogP contribution in [0.5, 0.6) is 0 Å². The minimum Gasteiger partial charge on any atom is -0.466 e. The highest BCUT2D eigenvalue weighted by Crippen LogP contribution is 2.37. The average Bonchev–Trinajstić information content (AvgIpc) is 3.34. The van der Waals surface area contributed by atoms with Crippen LogP contribution in [0.1, 0.15) is 45.6 Å². The Morgan fingerprint density at radius 2 is 2.00 bits per heavy atom. The van der Waals surface area contributed by atoms with Gasteiger partial charge in [-0.2, -0.15) is 0 Å². The van der Waals surface area contributed by atoms with E-state index < -0.39 is 0 Å². The zero-order valence-electron chi connectivity index (χ0n) is 14.1. The van der Waals surface area contributed by atoms with Crippen molar-refractivity contribution < 1.29 is 14.3 Å². The number of aromatic nitrogens is 4. The molecule has 0 bridgehead atoms. The van der Waals surface area contributed by atoms with Crippen molar-refractivity contribution in [3.63, 3.8) is 0 Å². The number of esters is 1. The molecule has 9 heteroatoms. The van der Waals surface area contributed by atoms with E-state index in [1.165, 1.54) is 11.8 Å². The molecule has 1 saturated carbocycles. The minimum atomic E-state index is -0.243. The number of piperidine rings is 1. The highest BCUT2D eigenvalue weighted by molar-refractivity contribution is 8.00. The largest absolute Gasteiger partial charge is 0.466 e. The predicted molar refractivity (Wildman–Crippen MR) is 87.3 cm³/mol. The van der Waals surface area contributed by atoms with Crippen molar-refractivity contribution in [2.75, 3.05) is 19.7 Å². The first-order chi connectivity index (χ1) is 11.6. The molecule has 2 heterocycles. The van der Waals surface area contributed by atoms with E-state index in [2.05, 4.69) is 15.5 Å². The number of thioether (sulfide) groups is 1. The molecule has 1 unspecified atom stereocenters. The van der Waals surface area contributed by atoms with Crippen molar-refractivity contribution in [2.24, 2.45) is 5.92 Å². The van der Waals surface area contributed by atoms with E-state index in [0.717, 1.165) is 12.8 Å². The van der Waals surface area contributed by atoms with E-state index in [1.807, 2.05) is 23.4 Å². The van der Waals surface area contributed by atoms with Crippen LogP contribution in [-0.2, 0) is 14.3 Å². The summed E-state index contributed by atoms with van der Waals surface area (Å²) in [5.74, 6) is -0.151. The van der Waals surface area contributed by atoms with Gasteiger partial charge in [0.15, 0.2) is 0 Å². The number of hydrogen-bond donors (Lipinski definition) is 0. The molecule has 1 aliphatic carbocycles. The van der Waals surface area contributed by atoms with Crippen molar-refractivity contribution in [3.05, 3.63) is 0 Å². The van der Waals surface area contributed by atoms with Crippen LogP contribution >= 0.6 is 11.8 Å². The fraction of sp³-hybridized carbons (Fsp3) is 0.800. The van der Waals surface area contributed by atoms with E-state index in [1.54, 1.807) is 0 Å². The second kappa shape index (κ2) is 7.50. The standard InChI is InChI=1S/C15H23N5O3S/c1-3-23-14(22)11-6-8-19(9-7-11)13(21)10(2)24-15-16-17-18-20(15)12-4-5-12/h10-12H,3-9H2,1-2H3. The molecule has 1 amide bonds. The Bertz CT molecular complexity index is 596. The van der Waals surface area contributed by atoms with E-state index in [4.69, 9.17) is 4.74 Å². The van der Waals surface area contributed by atoms with Crippen molar-refractivity contribution in [2.45, 2.75) is 56.0 Å². The van der Waals surface area contributed by atoms with Crippen LogP contribution in [0.4, 0.5) is 0 Å². The first-order valence-electron chi connectivity index (χ1n) is 8.50. The van der Waals surface area contributed by atoms with Crippen LogP contribution in [0.15, 0.2) is 5.16 Å². The highest BCUT2D eigenvalue weighted by Gasteiger charge is 2.32. The van der Waals surface area contributed by atoms with Crippen LogP contribution in [0, 0.1) is 5.92 Å². The lowest BCUT2D eigenvalue weighted by Crippen LogP contribution is -2.43. The minimum absolute atomic E-state index is 0.0765. The van der Waals surface area contributed by atoms with Gasteiger partial charge in [0.25, 0.3) is 0 Å². The molecule has 1 aromatic rings. The molecule has 1 aliphatic heterocycles. The summed E-state index contributed by atoms with van der Waals surface area (Å²) >= 11 is 1.41. The van der Waals surface area contributed by atoms with Gasteiger partial charge in [-0.1, -0.05) is 11.8 Å². The maximum atomic E-state index is 12.6. The first kappa shape index (κ1) is 17.2. The quantitative estimate of drug-likeness (QED) is 0.562. The monoisotopic (exact) mass is 353 g/mol. The van der Waals surface area contributed by atoms with E-state index in [9.17, 15) is 9.59 Å². The highest BCUT2D eigenvalue weighted by atomic mass is 32.2. The molecule has 0 aromatic carbocycles. The summed E-state index contributed by atoms with van der Waals surface area (Å²) in [6.07, 6.45) is 3.54. The van der Waals surface area contributed by atoms with Crippen LogP contribution in [0.25, 0.3) is 0 Å². The number of carbonyl (C=O) groups is 2. The van der Waals surface area contributed by atoms with Crippen molar-refractivity contribution >= 4 is 23.6 Å². The molecule has 0 N–H and O–H groups in total. The number of hydrogen-bond acceptors (Lipinski definition) is 7. The second-order valence-corrected chi connectivity index (χ2v) is 7.56. The summed E-state index contributed by atoms with van der Waals surface area (Å²) in [5, 5.41) is 12.2. The van der Waals surface area contributed by atoms with E-state index >= 15 is 0 Å². The van der Waals surface area contributed by atoms with Crippen molar-refractivity contribution in [3.8, 4) is 0 Å². The van der Waals surface area contributed by atoms with Gasteiger partial charge >= 0.3 is 5.97 Å². The van der Waals surface area contributed by atoms with Gasteiger partial charge in [0.1, 0.15) is 0 Å². The van der Waals surface area contributed by atoms with Gasteiger partial charge in [-0.15, -0.1) is 5.10 Å². The smallest absolute Gasteiger partial charge is 0.309 e. The molecule has 0 radical (unpaired) electrons. The summed E-state index contributed by atoms with van der Waals surface area (Å²) in [5.41, 5.74) is 0. The summed E-state index contributed by atoms with van der Waals surface area (Å²) in [4.78, 5) is 26.2. The summed E-state index contributed by atoms with van der Waals surface area (Å²) in [6, 6.07) is 0.394. The third-order valence-corrected chi connectivity index (χ3v) is 5.45. The molecule has 1 atom stereocenters. The Morgan fingerprint density at radius 3 is 2.62 bits per heavy atom. The van der Waals surface area contributed by atoms with Crippen LogP contribution in [-0.4, -0.2) is 61.9 Å². The Kier molecular flexibility index (Phi) is 5.37. The van der Waals surface area contributed by atoms with Crippen molar-refractivity contribution in [1.82, 2.24) is 25.1 Å². The predicted octanol–water partition coefficient (Wildman–Crippen LogP) is 1.29. The fourth-order valence-corrected chi connectivity index (χ4v) is 3.82. The first-order valence-corrected chi connectivity index (χ1v) is 9.38. The fourth-order valence-electron chi connectivity index (χ4n) is 2.87. The van der Waals surface area contributed by atoms with Crippen LogP contribution in [0.2, 0.25) is 0 Å². The average molecular weight is 353 g/mol. The Balaban J connectivity index is 1.51. The Hall–Kier alpha value is -1.64. The Morgan fingerprint density at radius 1 is 1.29 bits per heavy atom. The molecular formula is C15H23N5O3S. The van der Waals surface area contributed by atoms with Gasteiger partial charge in [-0.3, -0.25) is 9.59 Å². The lowest BCUT2D eigenvalue weighted by molar-refractivity contribution is -0.151. The van der Waals surface area contributed by atoms with Gasteiger partial charge in [0.05, 0.1) is 23.8 Å². The third kappa shape index (κ3) is 3.88. The number of carbonyl (C=O) groups excluding carboxylic acids is 2. The van der Waals surface area contributed by atoms with Crippen LogP contribution < -0.4 is 0 Å². The van der Waals surface area contributed by atoms with Gasteiger partial charge in [0, 0.05) is 13.1 Å². The van der Waals surface area contributed by atoms with E-state index in [0.29, 0.717) is 43.7 Å². The normalized spacial score (nSPS) is 20.0. The number of ether oxygens (including phenoxy) is 1. The molecule has 1 aromatic heterocycles. The molecule has 0 spiro atoms. The maximum absolute atomic E-state index is 12.6. The van der Waals surface area contributed by atoms with Gasteiger partial charge in [-0.05, 0) is 50.0 Å². The van der Waals surface area contributed by atoms with Gasteiger partial charge < -0.3 is 9.64 Å². The topological polar surface area (TPSA) is 90.2 Å². The number of rotatable bonds is 6. The molecule has 8 nitrogen and oxygen atoms in total. The maximum Gasteiger partial charge on any atom is 0.309 e. The second-order valence-electron chi connectivity index (χ2n) is 6.25. The number of amides is 1. The molecule has 24 heavy (non-hydrogen) atoms. The molecule has 1 saturated heterocycles. The van der Waals surface area contributed by atoms with Crippen molar-refractivity contribution in [1.29, 1.82) is 0 Å². The summed E-state index contributed by atoms with van der Waals surface area (Å²) in [6.45, 7) is 5.30. The number of nitrogens with zero attached hydrogens (tertiary/aromatic N) is 5. The zero-order valence-corrected chi connectivity index (χ0v) is 14.9. The molecule has 2 fully saturated rings. The third-order valence-electron chi connectivity index (χ3n) is 4.41. The van der Waals surface area contributed by atoms with Crippen LogP contribution in [0.3, 0.4) is 0 Å². The molecular weight excluding hydrogens is 330 g/mol. The SMILES string of the molecule is CCOC(=O)C1CCN(C(=O)C(C)Sc2nnnn2C2CC2)CC1. The molecule has 2 aliphatic rings. The number of tetrazole rings is 1. The summed E-state index contributed by atoms with van der Waals surface area (Å²) in [7, 11) is 0. The Labute approximate surface area is 145 Å². The van der Waals surface area contributed by atoms with Gasteiger partial charge in [-0.25, -0.2) is 4.68 Å². The molecule has 132 valence electrons. The molecule has 3 rings (SSSR count). The van der Waals surface area contributed by atoms with Gasteiger partial charge in [0.2, 0.25) is 11.1 Å². The lowest BCUT2D eigenvalue weighted by Gasteiger charge is -2.32.